The van der Waals surface area contributed by atoms with Crippen molar-refractivity contribution in [2.45, 2.75) is 6.61 Å². The molecular formula is C14H12O2. The molecule has 3 rings (SSSR count). The third kappa shape index (κ3) is 1.47. The van der Waals surface area contributed by atoms with Gasteiger partial charge in [-0.3, -0.25) is 4.79 Å². The summed E-state index contributed by atoms with van der Waals surface area (Å²) in [7, 11) is 0. The maximum Gasteiger partial charge on any atom is 0.166 e. The SMILES string of the molecule is O=C1C=CC2C=C(OCc3ccccc3)C12. The van der Waals surface area contributed by atoms with E-state index in [2.05, 4.69) is 0 Å². The Morgan fingerprint density at radius 1 is 1.19 bits per heavy atom. The van der Waals surface area contributed by atoms with Crippen molar-refractivity contribution in [2.24, 2.45) is 11.8 Å². The molecule has 2 atom stereocenters. The molecule has 0 bridgehead atoms. The number of carbonyl (C=O) groups excluding carboxylic acids is 1. The lowest BCUT2D eigenvalue weighted by Gasteiger charge is -2.28. The van der Waals surface area contributed by atoms with Crippen LogP contribution in [0.25, 0.3) is 0 Å². The van der Waals surface area contributed by atoms with Gasteiger partial charge in [0.1, 0.15) is 12.4 Å². The zero-order chi connectivity index (χ0) is 11.0. The fourth-order valence-corrected chi connectivity index (χ4v) is 2.15. The lowest BCUT2D eigenvalue weighted by atomic mass is 9.82. The Balaban J connectivity index is 1.62. The van der Waals surface area contributed by atoms with Crippen molar-refractivity contribution < 1.29 is 9.53 Å². The molecule has 1 aromatic carbocycles. The van der Waals surface area contributed by atoms with E-state index < -0.39 is 0 Å². The summed E-state index contributed by atoms with van der Waals surface area (Å²) in [6.45, 7) is 0.545. The Hall–Kier alpha value is -1.83. The van der Waals surface area contributed by atoms with Gasteiger partial charge in [-0.2, -0.15) is 0 Å². The van der Waals surface area contributed by atoms with Gasteiger partial charge in [0.15, 0.2) is 5.78 Å². The van der Waals surface area contributed by atoms with Crippen molar-refractivity contribution in [1.29, 1.82) is 0 Å². The summed E-state index contributed by atoms with van der Waals surface area (Å²) < 4.78 is 5.65. The molecule has 0 spiro atoms. The first-order valence-corrected chi connectivity index (χ1v) is 5.45. The second-order valence-corrected chi connectivity index (χ2v) is 4.16. The molecular weight excluding hydrogens is 200 g/mol. The van der Waals surface area contributed by atoms with Crippen LogP contribution in [0.1, 0.15) is 5.56 Å². The first-order chi connectivity index (χ1) is 7.84. The highest BCUT2D eigenvalue weighted by Gasteiger charge is 2.40. The highest BCUT2D eigenvalue weighted by molar-refractivity contribution is 5.98. The molecule has 0 heterocycles. The second-order valence-electron chi connectivity index (χ2n) is 4.16. The van der Waals surface area contributed by atoms with Crippen LogP contribution in [-0.4, -0.2) is 5.78 Å². The van der Waals surface area contributed by atoms with E-state index in [9.17, 15) is 4.79 Å². The van der Waals surface area contributed by atoms with Gasteiger partial charge in [0.05, 0.1) is 5.92 Å². The third-order valence-corrected chi connectivity index (χ3v) is 3.09. The van der Waals surface area contributed by atoms with Crippen LogP contribution in [0.5, 0.6) is 0 Å². The molecule has 0 fully saturated rings. The minimum absolute atomic E-state index is 0.0243. The number of hydrogen-bond acceptors (Lipinski definition) is 2. The van der Waals surface area contributed by atoms with Crippen LogP contribution >= 0.6 is 0 Å². The molecule has 0 amide bonds. The first-order valence-electron chi connectivity index (χ1n) is 5.45. The predicted octanol–water partition coefficient (Wildman–Crippen LogP) is 2.47. The van der Waals surface area contributed by atoms with Crippen molar-refractivity contribution in [1.82, 2.24) is 0 Å². The lowest BCUT2D eigenvalue weighted by Crippen LogP contribution is -2.27. The summed E-state index contributed by atoms with van der Waals surface area (Å²) in [5, 5.41) is 0. The smallest absolute Gasteiger partial charge is 0.166 e. The van der Waals surface area contributed by atoms with Crippen LogP contribution in [0, 0.1) is 11.8 Å². The molecule has 0 N–H and O–H groups in total. The van der Waals surface area contributed by atoms with Gasteiger partial charge in [-0.1, -0.05) is 36.4 Å². The van der Waals surface area contributed by atoms with Crippen molar-refractivity contribution in [3.63, 3.8) is 0 Å². The van der Waals surface area contributed by atoms with E-state index >= 15 is 0 Å². The van der Waals surface area contributed by atoms with Gasteiger partial charge in [-0.15, -0.1) is 0 Å². The average Bonchev–Trinajstić information content (AvgIpc) is 2.55. The Bertz CT molecular complexity index is 471. The van der Waals surface area contributed by atoms with Crippen molar-refractivity contribution in [3.05, 3.63) is 59.9 Å². The predicted molar refractivity (Wildman–Crippen MR) is 60.4 cm³/mol. The Morgan fingerprint density at radius 3 is 2.75 bits per heavy atom. The molecule has 1 aromatic rings. The van der Waals surface area contributed by atoms with Gasteiger partial charge in [-0.25, -0.2) is 0 Å². The van der Waals surface area contributed by atoms with Crippen molar-refractivity contribution >= 4 is 5.78 Å². The number of allylic oxidation sites excluding steroid dienone is 4. The highest BCUT2D eigenvalue weighted by Crippen LogP contribution is 2.40. The van der Waals surface area contributed by atoms with E-state index in [0.717, 1.165) is 11.3 Å². The summed E-state index contributed by atoms with van der Waals surface area (Å²) in [4.78, 5) is 11.4. The fourth-order valence-electron chi connectivity index (χ4n) is 2.15. The van der Waals surface area contributed by atoms with E-state index in [-0.39, 0.29) is 11.7 Å². The van der Waals surface area contributed by atoms with E-state index in [0.29, 0.717) is 12.5 Å². The van der Waals surface area contributed by atoms with E-state index in [1.165, 1.54) is 0 Å². The quantitative estimate of drug-likeness (QED) is 0.769. The zero-order valence-electron chi connectivity index (χ0n) is 8.80. The Labute approximate surface area is 94.2 Å². The molecule has 0 aromatic heterocycles. The summed E-state index contributed by atoms with van der Waals surface area (Å²) in [5.74, 6) is 1.28. The molecule has 0 radical (unpaired) electrons. The lowest BCUT2D eigenvalue weighted by molar-refractivity contribution is -0.119. The molecule has 2 unspecified atom stereocenters. The first kappa shape index (κ1) is 9.40. The molecule has 80 valence electrons. The second kappa shape index (κ2) is 3.63. The third-order valence-electron chi connectivity index (χ3n) is 3.09. The van der Waals surface area contributed by atoms with Crippen molar-refractivity contribution in [3.8, 4) is 0 Å². The molecule has 0 aliphatic heterocycles. The molecule has 2 aliphatic carbocycles. The summed E-state index contributed by atoms with van der Waals surface area (Å²) >= 11 is 0. The van der Waals surface area contributed by atoms with Gasteiger partial charge in [0.25, 0.3) is 0 Å². The van der Waals surface area contributed by atoms with Crippen LogP contribution in [0.2, 0.25) is 0 Å². The molecule has 0 saturated carbocycles. The highest BCUT2D eigenvalue weighted by atomic mass is 16.5. The van der Waals surface area contributed by atoms with E-state index in [4.69, 9.17) is 4.74 Å². The molecule has 2 heteroatoms. The number of ether oxygens (including phenoxy) is 1. The van der Waals surface area contributed by atoms with Gasteiger partial charge in [-0.05, 0) is 17.7 Å². The van der Waals surface area contributed by atoms with Gasteiger partial charge < -0.3 is 4.74 Å². The summed E-state index contributed by atoms with van der Waals surface area (Å²) in [6, 6.07) is 9.99. The molecule has 16 heavy (non-hydrogen) atoms. The van der Waals surface area contributed by atoms with Crippen LogP contribution in [0.3, 0.4) is 0 Å². The number of ketones is 1. The monoisotopic (exact) mass is 212 g/mol. The number of carbonyl (C=O) groups is 1. The topological polar surface area (TPSA) is 26.3 Å². The van der Waals surface area contributed by atoms with Crippen LogP contribution < -0.4 is 0 Å². The minimum atomic E-state index is -0.0243. The van der Waals surface area contributed by atoms with E-state index in [1.807, 2.05) is 42.5 Å². The van der Waals surface area contributed by atoms with E-state index in [1.54, 1.807) is 6.08 Å². The van der Waals surface area contributed by atoms with Crippen molar-refractivity contribution in [2.75, 3.05) is 0 Å². The number of hydrogen-bond donors (Lipinski definition) is 0. The largest absolute Gasteiger partial charge is 0.493 e. The standard InChI is InChI=1S/C14H12O2/c15-12-7-6-11-8-13(14(11)12)16-9-10-4-2-1-3-5-10/h1-8,11,14H,9H2. The maximum absolute atomic E-state index is 11.4. The zero-order valence-corrected chi connectivity index (χ0v) is 8.80. The number of rotatable bonds is 3. The number of fused-ring (bicyclic) bond motifs is 1. The normalized spacial score (nSPS) is 26.0. The van der Waals surface area contributed by atoms with Gasteiger partial charge >= 0.3 is 0 Å². The van der Waals surface area contributed by atoms with Gasteiger partial charge in [0.2, 0.25) is 0 Å². The van der Waals surface area contributed by atoms with Crippen LogP contribution in [0.15, 0.2) is 54.3 Å². The molecule has 0 saturated heterocycles. The van der Waals surface area contributed by atoms with Crippen LogP contribution in [-0.2, 0) is 16.1 Å². The Kier molecular flexibility index (Phi) is 2.13. The molecule has 2 nitrogen and oxygen atoms in total. The summed E-state index contributed by atoms with van der Waals surface area (Å²) in [6.07, 6.45) is 5.63. The molecule has 2 aliphatic rings. The van der Waals surface area contributed by atoms with Crippen LogP contribution in [0.4, 0.5) is 0 Å². The average molecular weight is 212 g/mol. The van der Waals surface area contributed by atoms with Gasteiger partial charge in [0, 0.05) is 5.92 Å². The Morgan fingerprint density at radius 2 is 2.00 bits per heavy atom. The fraction of sp³-hybridized carbons (Fsp3) is 0.214. The maximum atomic E-state index is 11.4. The summed E-state index contributed by atoms with van der Waals surface area (Å²) in [5.41, 5.74) is 1.13. The minimum Gasteiger partial charge on any atom is -0.493 e. The number of benzene rings is 1.